The summed E-state index contributed by atoms with van der Waals surface area (Å²) in [7, 11) is 3.77. The van der Waals surface area contributed by atoms with Crippen molar-refractivity contribution in [2.75, 3.05) is 65.2 Å². The molecule has 11 rings (SSSR count). The Bertz CT molecular complexity index is 3660. The van der Waals surface area contributed by atoms with Crippen LogP contribution in [0.5, 0.6) is 11.8 Å². The number of anilines is 1. The first kappa shape index (κ1) is 62.6. The van der Waals surface area contributed by atoms with Crippen LogP contribution < -0.4 is 25.0 Å². The van der Waals surface area contributed by atoms with Gasteiger partial charge in [0.1, 0.15) is 34.1 Å². The average molecular weight is 1240 g/mol. The van der Waals surface area contributed by atoms with Crippen molar-refractivity contribution < 1.29 is 43.2 Å². The molecule has 2 unspecified atom stereocenters. The summed E-state index contributed by atoms with van der Waals surface area (Å²) in [5, 5.41) is 20.7. The van der Waals surface area contributed by atoms with Gasteiger partial charge in [0.25, 0.3) is 0 Å². The van der Waals surface area contributed by atoms with Crippen molar-refractivity contribution in [3.05, 3.63) is 89.7 Å². The number of pyridine rings is 1. The van der Waals surface area contributed by atoms with Crippen molar-refractivity contribution in [2.45, 2.75) is 155 Å². The van der Waals surface area contributed by atoms with E-state index in [4.69, 9.17) is 33.9 Å². The first-order chi connectivity index (χ1) is 42.1. The lowest BCUT2D eigenvalue weighted by Crippen LogP contribution is -2.57. The van der Waals surface area contributed by atoms with E-state index in [1.54, 1.807) is 29.8 Å². The molecule has 7 aromatic rings. The van der Waals surface area contributed by atoms with Crippen LogP contribution in [-0.2, 0) is 30.4 Å². The summed E-state index contributed by atoms with van der Waals surface area (Å²) in [6, 6.07) is 20.8. The Morgan fingerprint density at radius 2 is 1.64 bits per heavy atom. The number of nitrogens with zero attached hydrogens (tertiary/aromatic N) is 8. The van der Waals surface area contributed by atoms with Crippen LogP contribution in [0.2, 0.25) is 0 Å². The van der Waals surface area contributed by atoms with Gasteiger partial charge in [0.05, 0.1) is 56.7 Å². The number of amides is 4. The van der Waals surface area contributed by atoms with Crippen LogP contribution in [0.3, 0.4) is 0 Å². The fourth-order valence-corrected chi connectivity index (χ4v) is 14.8. The number of aliphatic hydroxyl groups is 1. The molecule has 4 aliphatic rings. The molecule has 21 heteroatoms. The van der Waals surface area contributed by atoms with Gasteiger partial charge in [0, 0.05) is 75.2 Å². The predicted molar refractivity (Wildman–Crippen MR) is 345 cm³/mol. The van der Waals surface area contributed by atoms with Gasteiger partial charge in [-0.2, -0.15) is 9.97 Å². The number of thiophene rings is 1. The van der Waals surface area contributed by atoms with Crippen LogP contribution in [0, 0.1) is 17.8 Å². The topological polar surface area (TPSA) is 214 Å². The number of rotatable bonds is 23. The molecule has 4 fully saturated rings. The Morgan fingerprint density at radius 3 is 2.34 bits per heavy atom. The van der Waals surface area contributed by atoms with Crippen LogP contribution >= 0.6 is 22.7 Å². The maximum absolute atomic E-state index is 14.3. The maximum Gasteiger partial charge on any atom is 0.410 e. The number of fused-ring (bicyclic) bond motifs is 6. The number of aromatic nitrogens is 4. The van der Waals surface area contributed by atoms with Gasteiger partial charge >= 0.3 is 12.1 Å². The third-order valence-corrected chi connectivity index (χ3v) is 19.6. The number of likely N-dealkylation sites (tertiary alicyclic amines) is 1. The first-order valence-corrected chi connectivity index (χ1v) is 32.7. The number of β-amino-alcohol motifs (C(OH)–C–C–N with tert-alkyl or cyclic N) is 1. The Balaban J connectivity index is 0.699. The van der Waals surface area contributed by atoms with E-state index in [0.717, 1.165) is 128 Å². The van der Waals surface area contributed by atoms with Crippen molar-refractivity contribution >= 4 is 83.4 Å². The van der Waals surface area contributed by atoms with Crippen molar-refractivity contribution in [3.8, 4) is 33.5 Å². The average Bonchev–Trinajstić information content (AvgIpc) is 1.59. The molecule has 3 N–H and O–H groups in total. The highest BCUT2D eigenvalue weighted by molar-refractivity contribution is 7.26. The van der Waals surface area contributed by atoms with Crippen molar-refractivity contribution in [2.24, 2.45) is 10.8 Å². The largest absolute Gasteiger partial charge is 0.468 e. The number of unbranched alkanes of at least 4 members (excludes halogenated alkanes) is 3. The van der Waals surface area contributed by atoms with Crippen LogP contribution in [0.1, 0.15) is 117 Å². The molecule has 3 aliphatic heterocycles. The zero-order valence-electron chi connectivity index (χ0n) is 52.2. The smallest absolute Gasteiger partial charge is 0.410 e. The van der Waals surface area contributed by atoms with Crippen LogP contribution in [-0.4, -0.2) is 160 Å². The highest BCUT2D eigenvalue weighted by Crippen LogP contribution is 2.48. The number of carbonyl (C=O) groups excluding carboxylic acids is 4. The number of ether oxygens (including phenoxy) is 4. The molecule has 0 radical (unpaired) electrons. The van der Waals surface area contributed by atoms with E-state index in [9.17, 15) is 24.3 Å². The van der Waals surface area contributed by atoms with Gasteiger partial charge in [-0.15, -0.1) is 22.7 Å². The number of piperazine rings is 1. The lowest BCUT2D eigenvalue weighted by Gasteiger charge is -2.42. The van der Waals surface area contributed by atoms with E-state index in [-0.39, 0.29) is 74.0 Å². The van der Waals surface area contributed by atoms with Crippen molar-refractivity contribution in [3.63, 3.8) is 0 Å². The summed E-state index contributed by atoms with van der Waals surface area (Å²) in [4.78, 5) is 84.9. The molecule has 3 aromatic carbocycles. The minimum atomic E-state index is -0.879. The number of benzene rings is 3. The van der Waals surface area contributed by atoms with Gasteiger partial charge in [-0.1, -0.05) is 82.1 Å². The zero-order chi connectivity index (χ0) is 62.1. The number of hydrogen-bond acceptors (Lipinski definition) is 17. The van der Waals surface area contributed by atoms with E-state index in [2.05, 4.69) is 50.7 Å². The minimum Gasteiger partial charge on any atom is -0.468 e. The summed E-state index contributed by atoms with van der Waals surface area (Å²) in [6.07, 6.45) is 8.41. The van der Waals surface area contributed by atoms with Crippen molar-refractivity contribution in [1.82, 2.24) is 45.3 Å². The highest BCUT2D eigenvalue weighted by atomic mass is 32.1. The second kappa shape index (κ2) is 26.2. The second-order valence-electron chi connectivity index (χ2n) is 26.7. The zero-order valence-corrected chi connectivity index (χ0v) is 53.9. The first-order valence-electron chi connectivity index (χ1n) is 31.0. The summed E-state index contributed by atoms with van der Waals surface area (Å²) >= 11 is 3.17. The van der Waals surface area contributed by atoms with Gasteiger partial charge in [0.2, 0.25) is 17.7 Å². The standard InChI is InChI=1S/C67H84N10O9S2/c1-41-56(87-39-70-41)43-21-19-42(20-22-43)33-69-60(80)52-31-47(78)36-76(52)62(81)58(65(2,3)4)71-53(79)18-12-10-11-15-29-74(8)37-67(26-27-67)38-84-63-72-59(75-34-45-23-24-46(35-75)77(45)64(82)86-66(5,6)7)54-50-25-28-68-55(57(50)88-61(54)73-63)51-32-48(85-40-83-9)30-44-16-13-14-17-49(44)51/h13-14,16-17,19-22,25,28,30,32,39,45-47,52,58,78H,10-12,15,18,23-24,26-27,29,31,33-38,40H2,1-9H3,(H,69,80)(H,71,79)/t45?,46?,47-,52+,58-/m1/s1. The molecule has 19 nitrogen and oxygen atoms in total. The minimum absolute atomic E-state index is 0.0189. The lowest BCUT2D eigenvalue weighted by atomic mass is 9.85. The maximum atomic E-state index is 14.3. The van der Waals surface area contributed by atoms with Gasteiger partial charge in [0.15, 0.2) is 6.79 Å². The fraction of sp³-hybridized carbons (Fsp3) is 0.522. The third kappa shape index (κ3) is 14.2. The SMILES string of the molecule is COCOc1cc(-c2nccc3c2sc2nc(OCC4(CN(C)CCCCCCC(=O)N[C@H](C(=O)N5C[C@H](O)C[C@H]5C(=O)NCc5ccc(-c6scnc6C)cc5)C(C)(C)C)CC4)nc(N4CC5CCC(C4)N5C(=O)OC(C)(C)C)c23)c2ccccc2c1. The van der Waals surface area contributed by atoms with Crippen molar-refractivity contribution in [1.29, 1.82) is 0 Å². The molecule has 1 saturated carbocycles. The number of thiazole rings is 1. The molecule has 4 aromatic heterocycles. The van der Waals surface area contributed by atoms with E-state index >= 15 is 0 Å². The molecule has 0 spiro atoms. The normalized spacial score (nSPS) is 19.4. The van der Waals surface area contributed by atoms with Gasteiger partial charge in [-0.05, 0) is 125 Å². The second-order valence-corrected chi connectivity index (χ2v) is 28.6. The molecule has 2 bridgehead atoms. The van der Waals surface area contributed by atoms with Gasteiger partial charge < -0.3 is 49.4 Å². The fourth-order valence-electron chi connectivity index (χ4n) is 12.9. The van der Waals surface area contributed by atoms with Gasteiger partial charge in [-0.3, -0.25) is 24.3 Å². The summed E-state index contributed by atoms with van der Waals surface area (Å²) in [5.74, 6) is 0.561. The number of hydrogen-bond donors (Lipinski definition) is 3. The summed E-state index contributed by atoms with van der Waals surface area (Å²) in [6.45, 7) is 17.2. The summed E-state index contributed by atoms with van der Waals surface area (Å²) < 4.78 is 24.9. The molecule has 3 saturated heterocycles. The Morgan fingerprint density at radius 1 is 0.886 bits per heavy atom. The number of aryl methyl sites for hydroxylation is 1. The quantitative estimate of drug-likeness (QED) is 0.0401. The molecule has 1 aliphatic carbocycles. The monoisotopic (exact) mass is 1240 g/mol. The van der Waals surface area contributed by atoms with Crippen LogP contribution in [0.25, 0.3) is 52.8 Å². The van der Waals surface area contributed by atoms with E-state index in [1.807, 2.05) is 114 Å². The Kier molecular flexibility index (Phi) is 18.6. The molecule has 7 heterocycles. The predicted octanol–water partition coefficient (Wildman–Crippen LogP) is 10.9. The number of nitrogens with one attached hydrogen (secondary N) is 2. The molecule has 4 amide bonds. The molecular formula is C67H84N10O9S2. The van der Waals surface area contributed by atoms with E-state index in [0.29, 0.717) is 37.9 Å². The molecule has 88 heavy (non-hydrogen) atoms. The highest BCUT2D eigenvalue weighted by Gasteiger charge is 2.48. The lowest BCUT2D eigenvalue weighted by molar-refractivity contribution is -0.144. The Hall–Kier alpha value is -7.04. The number of aliphatic hydroxyl groups excluding tert-OH is 1. The van der Waals surface area contributed by atoms with Crippen LogP contribution in [0.15, 0.2) is 78.4 Å². The third-order valence-electron chi connectivity index (χ3n) is 17.5. The van der Waals surface area contributed by atoms with Crippen LogP contribution in [0.4, 0.5) is 10.6 Å². The van der Waals surface area contributed by atoms with Gasteiger partial charge in [-0.25, -0.2) is 9.78 Å². The number of methoxy groups -OCH3 is 1. The Labute approximate surface area is 523 Å². The van der Waals surface area contributed by atoms with E-state index in [1.165, 1.54) is 4.90 Å². The summed E-state index contributed by atoms with van der Waals surface area (Å²) in [5.41, 5.74) is 5.25. The molecule has 468 valence electrons. The molecular weight excluding hydrogens is 1150 g/mol. The number of carbonyl (C=O) groups is 4. The molecule has 5 atom stereocenters. The van der Waals surface area contributed by atoms with E-state index < -0.39 is 29.2 Å².